The second-order valence-electron chi connectivity index (χ2n) is 3.49. The maximum Gasteiger partial charge on any atom is 0.152 e. The minimum Gasteiger partial charge on any atom is -0.308 e. The summed E-state index contributed by atoms with van der Waals surface area (Å²) in [6.07, 6.45) is 2.42. The topological polar surface area (TPSA) is 63.8 Å². The number of thiophene rings is 1. The standard InChI is InChI=1S/C9H10N4S/c10-13-8-6-3-4-14-9(6)12-7(11-8)5-1-2-5/h3-5H,1-2,10H2,(H,11,12,13). The maximum atomic E-state index is 5.43. The zero-order chi connectivity index (χ0) is 9.54. The van der Waals surface area contributed by atoms with Gasteiger partial charge in [-0.2, -0.15) is 0 Å². The number of nitrogens with one attached hydrogen (secondary N) is 1. The number of fused-ring (bicyclic) bond motifs is 1. The van der Waals surface area contributed by atoms with Gasteiger partial charge in [-0.05, 0) is 24.3 Å². The normalized spacial score (nSPS) is 16.1. The minimum atomic E-state index is 0.564. The van der Waals surface area contributed by atoms with E-state index in [1.54, 1.807) is 11.3 Å². The van der Waals surface area contributed by atoms with Crippen molar-refractivity contribution in [3.8, 4) is 0 Å². The van der Waals surface area contributed by atoms with Gasteiger partial charge in [0, 0.05) is 5.92 Å². The molecule has 0 bridgehead atoms. The van der Waals surface area contributed by atoms with Gasteiger partial charge in [-0.3, -0.25) is 0 Å². The number of hydrazine groups is 1. The molecule has 0 aromatic carbocycles. The first-order valence-electron chi connectivity index (χ1n) is 4.60. The number of hydrogen-bond acceptors (Lipinski definition) is 5. The van der Waals surface area contributed by atoms with Crippen molar-refractivity contribution >= 4 is 27.4 Å². The molecule has 4 nitrogen and oxygen atoms in total. The van der Waals surface area contributed by atoms with E-state index in [0.717, 1.165) is 21.9 Å². The fraction of sp³-hybridized carbons (Fsp3) is 0.333. The Morgan fingerprint density at radius 1 is 1.43 bits per heavy atom. The van der Waals surface area contributed by atoms with Crippen molar-refractivity contribution in [2.75, 3.05) is 5.43 Å². The summed E-state index contributed by atoms with van der Waals surface area (Å²) in [7, 11) is 0. The summed E-state index contributed by atoms with van der Waals surface area (Å²) in [6.45, 7) is 0. The Hall–Kier alpha value is -1.20. The summed E-state index contributed by atoms with van der Waals surface area (Å²) in [6, 6.07) is 1.99. The van der Waals surface area contributed by atoms with Gasteiger partial charge in [0.05, 0.1) is 5.39 Å². The predicted molar refractivity (Wildman–Crippen MR) is 57.2 cm³/mol. The number of anilines is 1. The fourth-order valence-electron chi connectivity index (χ4n) is 1.51. The van der Waals surface area contributed by atoms with E-state index >= 15 is 0 Å². The van der Waals surface area contributed by atoms with Crippen LogP contribution in [0, 0.1) is 0 Å². The Morgan fingerprint density at radius 3 is 3.00 bits per heavy atom. The van der Waals surface area contributed by atoms with E-state index < -0.39 is 0 Å². The molecule has 0 unspecified atom stereocenters. The number of nitrogens with two attached hydrogens (primary N) is 1. The molecule has 2 aromatic heterocycles. The van der Waals surface area contributed by atoms with Crippen LogP contribution in [0.2, 0.25) is 0 Å². The van der Waals surface area contributed by atoms with Crippen molar-refractivity contribution in [1.29, 1.82) is 0 Å². The zero-order valence-corrected chi connectivity index (χ0v) is 8.34. The molecule has 3 N–H and O–H groups in total. The molecule has 72 valence electrons. The van der Waals surface area contributed by atoms with Crippen molar-refractivity contribution < 1.29 is 0 Å². The van der Waals surface area contributed by atoms with E-state index in [-0.39, 0.29) is 0 Å². The summed E-state index contributed by atoms with van der Waals surface area (Å²) >= 11 is 1.63. The molecule has 0 saturated heterocycles. The van der Waals surface area contributed by atoms with E-state index in [1.807, 2.05) is 11.4 Å². The van der Waals surface area contributed by atoms with Crippen LogP contribution in [0.3, 0.4) is 0 Å². The number of nitrogens with zero attached hydrogens (tertiary/aromatic N) is 2. The summed E-state index contributed by atoms with van der Waals surface area (Å²) in [5.74, 6) is 7.68. The lowest BCUT2D eigenvalue weighted by Crippen LogP contribution is -2.10. The Bertz CT molecular complexity index is 475. The first-order valence-corrected chi connectivity index (χ1v) is 5.48. The average Bonchev–Trinajstić information content (AvgIpc) is 2.95. The van der Waals surface area contributed by atoms with Crippen LogP contribution in [-0.2, 0) is 0 Å². The monoisotopic (exact) mass is 206 g/mol. The van der Waals surface area contributed by atoms with Gasteiger partial charge >= 0.3 is 0 Å². The van der Waals surface area contributed by atoms with Crippen molar-refractivity contribution in [3.05, 3.63) is 17.3 Å². The zero-order valence-electron chi connectivity index (χ0n) is 7.53. The van der Waals surface area contributed by atoms with Crippen LogP contribution in [0.5, 0.6) is 0 Å². The van der Waals surface area contributed by atoms with Gasteiger partial charge in [-0.1, -0.05) is 0 Å². The molecule has 1 aliphatic carbocycles. The van der Waals surface area contributed by atoms with Crippen molar-refractivity contribution in [1.82, 2.24) is 9.97 Å². The molecule has 0 atom stereocenters. The highest BCUT2D eigenvalue weighted by atomic mass is 32.1. The first kappa shape index (κ1) is 8.14. The smallest absolute Gasteiger partial charge is 0.152 e. The van der Waals surface area contributed by atoms with Crippen molar-refractivity contribution in [2.24, 2.45) is 5.84 Å². The van der Waals surface area contributed by atoms with E-state index in [2.05, 4.69) is 15.4 Å². The van der Waals surface area contributed by atoms with Crippen LogP contribution in [0.15, 0.2) is 11.4 Å². The van der Waals surface area contributed by atoms with Gasteiger partial charge in [0.1, 0.15) is 10.7 Å². The van der Waals surface area contributed by atoms with Crippen molar-refractivity contribution in [3.63, 3.8) is 0 Å². The lowest BCUT2D eigenvalue weighted by atomic mass is 10.3. The molecule has 1 aliphatic rings. The molecule has 5 heteroatoms. The lowest BCUT2D eigenvalue weighted by molar-refractivity contribution is 0.949. The number of nitrogen functional groups attached to an aromatic ring is 1. The molecular weight excluding hydrogens is 196 g/mol. The largest absolute Gasteiger partial charge is 0.308 e. The molecule has 14 heavy (non-hydrogen) atoms. The van der Waals surface area contributed by atoms with Gasteiger partial charge in [0.25, 0.3) is 0 Å². The molecule has 0 radical (unpaired) electrons. The van der Waals surface area contributed by atoms with Gasteiger partial charge in [-0.25, -0.2) is 15.8 Å². The number of hydrogen-bond donors (Lipinski definition) is 2. The molecule has 1 fully saturated rings. The van der Waals surface area contributed by atoms with Crippen LogP contribution in [0.4, 0.5) is 5.82 Å². The summed E-state index contributed by atoms with van der Waals surface area (Å²) in [5.41, 5.74) is 2.63. The summed E-state index contributed by atoms with van der Waals surface area (Å²) in [4.78, 5) is 9.95. The Morgan fingerprint density at radius 2 is 2.29 bits per heavy atom. The number of aromatic nitrogens is 2. The van der Waals surface area contributed by atoms with Gasteiger partial charge in [0.15, 0.2) is 5.82 Å². The summed E-state index contributed by atoms with van der Waals surface area (Å²) in [5, 5.41) is 3.03. The quantitative estimate of drug-likeness (QED) is 0.581. The lowest BCUT2D eigenvalue weighted by Gasteiger charge is -2.03. The predicted octanol–water partition coefficient (Wildman–Crippen LogP) is 1.85. The third-order valence-corrected chi connectivity index (χ3v) is 3.23. The van der Waals surface area contributed by atoms with Crippen LogP contribution < -0.4 is 11.3 Å². The molecule has 2 heterocycles. The molecule has 0 spiro atoms. The highest BCUT2D eigenvalue weighted by Gasteiger charge is 2.27. The fourth-order valence-corrected chi connectivity index (χ4v) is 2.28. The van der Waals surface area contributed by atoms with E-state index in [4.69, 9.17) is 5.84 Å². The molecule has 2 aromatic rings. The molecular formula is C9H10N4S. The molecule has 1 saturated carbocycles. The highest BCUT2D eigenvalue weighted by molar-refractivity contribution is 7.16. The van der Waals surface area contributed by atoms with Crippen LogP contribution in [0.25, 0.3) is 10.2 Å². The van der Waals surface area contributed by atoms with E-state index in [1.165, 1.54) is 12.8 Å². The maximum absolute atomic E-state index is 5.43. The van der Waals surface area contributed by atoms with Crippen molar-refractivity contribution in [2.45, 2.75) is 18.8 Å². The van der Waals surface area contributed by atoms with Crippen LogP contribution in [-0.4, -0.2) is 9.97 Å². The molecule has 3 rings (SSSR count). The minimum absolute atomic E-state index is 0.564. The van der Waals surface area contributed by atoms with Crippen LogP contribution >= 0.6 is 11.3 Å². The number of rotatable bonds is 2. The molecule has 0 aliphatic heterocycles. The first-order chi connectivity index (χ1) is 6.88. The second-order valence-corrected chi connectivity index (χ2v) is 4.38. The average molecular weight is 206 g/mol. The molecule has 0 amide bonds. The summed E-state index contributed by atoms with van der Waals surface area (Å²) < 4.78 is 0. The van der Waals surface area contributed by atoms with Gasteiger partial charge < -0.3 is 5.43 Å². The highest BCUT2D eigenvalue weighted by Crippen LogP contribution is 2.39. The SMILES string of the molecule is NNc1nc(C2CC2)nc2sccc12. The van der Waals surface area contributed by atoms with E-state index in [9.17, 15) is 0 Å². The Labute approximate surface area is 85.1 Å². The van der Waals surface area contributed by atoms with E-state index in [0.29, 0.717) is 5.92 Å². The second kappa shape index (κ2) is 2.90. The Kier molecular flexibility index (Phi) is 1.68. The van der Waals surface area contributed by atoms with Gasteiger partial charge in [-0.15, -0.1) is 11.3 Å². The van der Waals surface area contributed by atoms with Crippen LogP contribution in [0.1, 0.15) is 24.6 Å². The van der Waals surface area contributed by atoms with Gasteiger partial charge in [0.2, 0.25) is 0 Å². The Balaban J connectivity index is 2.23. The third-order valence-electron chi connectivity index (χ3n) is 2.42. The third kappa shape index (κ3) is 1.17.